The van der Waals surface area contributed by atoms with Crippen molar-refractivity contribution < 1.29 is 0 Å². The highest BCUT2D eigenvalue weighted by molar-refractivity contribution is 7.11. The summed E-state index contributed by atoms with van der Waals surface area (Å²) in [4.78, 5) is 5.12. The van der Waals surface area contributed by atoms with Gasteiger partial charge in [0.25, 0.3) is 0 Å². The average molecular weight is 158 g/mol. The third kappa shape index (κ3) is 2.35. The van der Waals surface area contributed by atoms with Crippen LogP contribution in [-0.4, -0.2) is 4.98 Å². The molecule has 0 radical (unpaired) electrons. The van der Waals surface area contributed by atoms with Crippen LogP contribution in [0.25, 0.3) is 0 Å². The molecule has 1 aromatic rings. The fraction of sp³-hybridized carbons (Fsp3) is 0.571. The Morgan fingerprint density at radius 2 is 1.80 bits per heavy atom. The molecule has 1 aromatic heterocycles. The van der Waals surface area contributed by atoms with Crippen LogP contribution < -0.4 is 5.73 Å². The lowest BCUT2D eigenvalue weighted by atomic mass is 10.6. The van der Waals surface area contributed by atoms with Crippen molar-refractivity contribution in [2.45, 2.75) is 27.7 Å². The monoisotopic (exact) mass is 158 g/mol. The molecule has 0 aliphatic rings. The summed E-state index contributed by atoms with van der Waals surface area (Å²) in [7, 11) is 0. The molecule has 0 aliphatic carbocycles. The molecule has 1 rings (SSSR count). The van der Waals surface area contributed by atoms with Crippen molar-refractivity contribution in [3.8, 4) is 0 Å². The number of aromatic nitrogens is 1. The minimum atomic E-state index is 0.674. The van der Waals surface area contributed by atoms with Crippen molar-refractivity contribution in [2.75, 3.05) is 5.73 Å². The van der Waals surface area contributed by atoms with E-state index in [9.17, 15) is 0 Å². The maximum Gasteiger partial charge on any atom is 0.137 e. The highest BCUT2D eigenvalue weighted by Gasteiger charge is 1.96. The molecule has 0 spiro atoms. The molecule has 0 bridgehead atoms. The first-order valence-corrected chi connectivity index (χ1v) is 4.21. The van der Waals surface area contributed by atoms with Gasteiger partial charge in [0.15, 0.2) is 0 Å². The average Bonchev–Trinajstić information content (AvgIpc) is 2.16. The predicted molar refractivity (Wildman–Crippen MR) is 47.3 cm³/mol. The van der Waals surface area contributed by atoms with Crippen LogP contribution in [0.2, 0.25) is 0 Å². The summed E-state index contributed by atoms with van der Waals surface area (Å²) in [5.41, 5.74) is 5.44. The van der Waals surface area contributed by atoms with Crippen molar-refractivity contribution >= 4 is 17.2 Å². The van der Waals surface area contributed by atoms with Gasteiger partial charge in [-0.2, -0.15) is 0 Å². The van der Waals surface area contributed by atoms with Crippen molar-refractivity contribution in [3.05, 3.63) is 9.88 Å². The van der Waals surface area contributed by atoms with Crippen molar-refractivity contribution in [1.82, 2.24) is 4.98 Å². The second-order valence-electron chi connectivity index (χ2n) is 1.67. The first-order chi connectivity index (χ1) is 4.70. The molecule has 0 saturated heterocycles. The normalized spacial score (nSPS) is 8.40. The lowest BCUT2D eigenvalue weighted by Crippen LogP contribution is -1.85. The Labute approximate surface area is 66.1 Å². The SMILES string of the molecule is CC.Cc1nc(N)c(C)s1. The molecule has 58 valence electrons. The molecule has 0 saturated carbocycles. The number of thiazole rings is 1. The molecule has 1 heterocycles. The smallest absolute Gasteiger partial charge is 0.137 e. The standard InChI is InChI=1S/C5H8N2S.C2H6/c1-3-5(6)7-4(2)8-3;1-2/h6H2,1-2H3;1-2H3. The third-order valence-electron chi connectivity index (χ3n) is 0.939. The molecule has 0 unspecified atom stereocenters. The van der Waals surface area contributed by atoms with Crippen LogP contribution >= 0.6 is 11.3 Å². The molecule has 2 nitrogen and oxygen atoms in total. The molecule has 10 heavy (non-hydrogen) atoms. The Morgan fingerprint density at radius 1 is 1.30 bits per heavy atom. The fourth-order valence-electron chi connectivity index (χ4n) is 0.545. The van der Waals surface area contributed by atoms with Crippen LogP contribution in [-0.2, 0) is 0 Å². The number of nitrogen functional groups attached to an aromatic ring is 1. The topological polar surface area (TPSA) is 38.9 Å². The van der Waals surface area contributed by atoms with E-state index < -0.39 is 0 Å². The number of nitrogens with zero attached hydrogens (tertiary/aromatic N) is 1. The van der Waals surface area contributed by atoms with Crippen molar-refractivity contribution in [2.24, 2.45) is 0 Å². The number of rotatable bonds is 0. The zero-order chi connectivity index (χ0) is 8.15. The molecule has 2 N–H and O–H groups in total. The Morgan fingerprint density at radius 3 is 1.90 bits per heavy atom. The van der Waals surface area contributed by atoms with Gasteiger partial charge in [-0.3, -0.25) is 0 Å². The van der Waals surface area contributed by atoms with Crippen LogP contribution in [0.4, 0.5) is 5.82 Å². The second-order valence-corrected chi connectivity index (χ2v) is 3.08. The zero-order valence-corrected chi connectivity index (χ0v) is 7.75. The summed E-state index contributed by atoms with van der Waals surface area (Å²) in [5, 5.41) is 1.04. The van der Waals surface area contributed by atoms with Gasteiger partial charge < -0.3 is 5.73 Å². The van der Waals surface area contributed by atoms with Gasteiger partial charge in [0.1, 0.15) is 5.82 Å². The minimum absolute atomic E-state index is 0.674. The zero-order valence-electron chi connectivity index (χ0n) is 6.93. The highest BCUT2D eigenvalue weighted by atomic mass is 32.1. The van der Waals surface area contributed by atoms with E-state index >= 15 is 0 Å². The number of hydrogen-bond donors (Lipinski definition) is 1. The van der Waals surface area contributed by atoms with Crippen LogP contribution in [0.1, 0.15) is 23.7 Å². The second kappa shape index (κ2) is 4.28. The molecule has 0 fully saturated rings. The van der Waals surface area contributed by atoms with E-state index in [1.165, 1.54) is 0 Å². The summed E-state index contributed by atoms with van der Waals surface area (Å²) in [6, 6.07) is 0. The van der Waals surface area contributed by atoms with E-state index in [-0.39, 0.29) is 0 Å². The van der Waals surface area contributed by atoms with Gasteiger partial charge in [-0.1, -0.05) is 13.8 Å². The van der Waals surface area contributed by atoms with E-state index in [4.69, 9.17) is 5.73 Å². The number of hydrogen-bond acceptors (Lipinski definition) is 3. The molecular weight excluding hydrogens is 144 g/mol. The van der Waals surface area contributed by atoms with Crippen LogP contribution in [0, 0.1) is 13.8 Å². The Balaban J connectivity index is 0.000000371. The number of anilines is 1. The minimum Gasteiger partial charge on any atom is -0.383 e. The van der Waals surface area contributed by atoms with Gasteiger partial charge in [-0.15, -0.1) is 11.3 Å². The number of nitrogens with two attached hydrogens (primary N) is 1. The van der Waals surface area contributed by atoms with E-state index in [2.05, 4.69) is 4.98 Å². The van der Waals surface area contributed by atoms with Crippen molar-refractivity contribution in [3.63, 3.8) is 0 Å². The lowest BCUT2D eigenvalue weighted by Gasteiger charge is -1.78. The van der Waals surface area contributed by atoms with Gasteiger partial charge in [0.05, 0.1) is 5.01 Å². The first kappa shape index (κ1) is 9.43. The molecular formula is C7H14N2S. The highest BCUT2D eigenvalue weighted by Crippen LogP contribution is 2.16. The lowest BCUT2D eigenvalue weighted by molar-refractivity contribution is 1.29. The van der Waals surface area contributed by atoms with E-state index in [1.54, 1.807) is 11.3 Å². The fourth-order valence-corrected chi connectivity index (χ4v) is 1.28. The van der Waals surface area contributed by atoms with Gasteiger partial charge >= 0.3 is 0 Å². The summed E-state index contributed by atoms with van der Waals surface area (Å²) in [6.07, 6.45) is 0. The van der Waals surface area contributed by atoms with Gasteiger partial charge in [-0.05, 0) is 13.8 Å². The van der Waals surface area contributed by atoms with Gasteiger partial charge in [0, 0.05) is 4.88 Å². The number of aryl methyl sites for hydroxylation is 2. The van der Waals surface area contributed by atoms with Crippen LogP contribution in [0.5, 0.6) is 0 Å². The quantitative estimate of drug-likeness (QED) is 0.629. The Kier molecular flexibility index (Phi) is 4.03. The van der Waals surface area contributed by atoms with Crippen LogP contribution in [0.3, 0.4) is 0 Å². The molecule has 3 heteroatoms. The Hall–Kier alpha value is -0.570. The summed E-state index contributed by atoms with van der Waals surface area (Å²) in [5.74, 6) is 0.674. The molecule has 0 amide bonds. The summed E-state index contributed by atoms with van der Waals surface area (Å²) < 4.78 is 0. The molecule has 0 aromatic carbocycles. The summed E-state index contributed by atoms with van der Waals surface area (Å²) in [6.45, 7) is 7.92. The van der Waals surface area contributed by atoms with E-state index in [0.717, 1.165) is 9.88 Å². The van der Waals surface area contributed by atoms with Crippen molar-refractivity contribution in [1.29, 1.82) is 0 Å². The van der Waals surface area contributed by atoms with Crippen LogP contribution in [0.15, 0.2) is 0 Å². The van der Waals surface area contributed by atoms with E-state index in [0.29, 0.717) is 5.82 Å². The predicted octanol–water partition coefficient (Wildman–Crippen LogP) is 2.37. The Bertz CT molecular complexity index is 174. The maximum atomic E-state index is 5.44. The first-order valence-electron chi connectivity index (χ1n) is 3.39. The third-order valence-corrected chi connectivity index (χ3v) is 1.84. The summed E-state index contributed by atoms with van der Waals surface area (Å²) >= 11 is 1.63. The van der Waals surface area contributed by atoms with E-state index in [1.807, 2.05) is 27.7 Å². The molecule has 0 aliphatic heterocycles. The largest absolute Gasteiger partial charge is 0.383 e. The maximum absolute atomic E-state index is 5.44. The molecule has 0 atom stereocenters. The van der Waals surface area contributed by atoms with Gasteiger partial charge in [-0.25, -0.2) is 4.98 Å². The van der Waals surface area contributed by atoms with Gasteiger partial charge in [0.2, 0.25) is 0 Å².